The molecule has 0 atom stereocenters. The van der Waals surface area contributed by atoms with Gasteiger partial charge in [0.15, 0.2) is 0 Å². The molecule has 3 rings (SSSR count). The fraction of sp³-hybridized carbons (Fsp3) is 0.312. The van der Waals surface area contributed by atoms with Crippen molar-refractivity contribution in [1.82, 2.24) is 4.98 Å². The van der Waals surface area contributed by atoms with Crippen molar-refractivity contribution in [2.24, 2.45) is 0 Å². The van der Waals surface area contributed by atoms with Gasteiger partial charge in [-0.1, -0.05) is 6.07 Å². The van der Waals surface area contributed by atoms with Crippen molar-refractivity contribution in [1.29, 1.82) is 0 Å². The molecular weight excluding hydrogens is 304 g/mol. The van der Waals surface area contributed by atoms with Crippen LogP contribution in [0.5, 0.6) is 0 Å². The molecule has 0 amide bonds. The van der Waals surface area contributed by atoms with Gasteiger partial charge in [0.25, 0.3) is 11.6 Å². The highest BCUT2D eigenvalue weighted by atomic mass is 19.3. The molecule has 0 bridgehead atoms. The fourth-order valence-electron chi connectivity index (χ4n) is 2.71. The summed E-state index contributed by atoms with van der Waals surface area (Å²) in [5, 5.41) is 11.0. The monoisotopic (exact) mass is 319 g/mol. The molecule has 0 radical (unpaired) electrons. The van der Waals surface area contributed by atoms with Crippen molar-refractivity contribution < 1.29 is 13.7 Å². The second-order valence-electron chi connectivity index (χ2n) is 5.52. The summed E-state index contributed by atoms with van der Waals surface area (Å²) < 4.78 is 26.8. The number of piperidine rings is 1. The Morgan fingerprint density at radius 3 is 2.52 bits per heavy atom. The zero-order valence-electron chi connectivity index (χ0n) is 12.3. The normalized spacial score (nSPS) is 17.0. The molecule has 1 aliphatic rings. The molecular formula is C16H15F2N3O2. The van der Waals surface area contributed by atoms with Crippen molar-refractivity contribution in [2.45, 2.75) is 18.8 Å². The third-order valence-corrected chi connectivity index (χ3v) is 3.97. The maximum atomic E-state index is 13.4. The lowest BCUT2D eigenvalue weighted by Gasteiger charge is -2.34. The summed E-state index contributed by atoms with van der Waals surface area (Å²) in [7, 11) is 0. The topological polar surface area (TPSA) is 59.3 Å². The van der Waals surface area contributed by atoms with Crippen LogP contribution in [0.2, 0.25) is 0 Å². The quantitative estimate of drug-likeness (QED) is 0.636. The van der Waals surface area contributed by atoms with E-state index in [0.29, 0.717) is 16.9 Å². The average molecular weight is 319 g/mol. The minimum absolute atomic E-state index is 0.0583. The predicted octanol–water partition coefficient (Wildman–Crippen LogP) is 3.89. The van der Waals surface area contributed by atoms with Crippen molar-refractivity contribution in [3.8, 4) is 11.3 Å². The lowest BCUT2D eigenvalue weighted by atomic mass is 10.0. The van der Waals surface area contributed by atoms with E-state index in [1.807, 2.05) is 6.07 Å². The standard InChI is InChI=1S/C16H15F2N3O2/c17-16(18)6-9-20(10-7-16)15-11-12(21(22)23)4-5-13(15)14-3-1-2-8-19-14/h1-5,8,11H,6-7,9-10H2. The number of non-ortho nitro benzene ring substituents is 1. The first kappa shape index (κ1) is 15.3. The number of hydrogen-bond acceptors (Lipinski definition) is 4. The van der Waals surface area contributed by atoms with E-state index in [0.717, 1.165) is 0 Å². The summed E-state index contributed by atoms with van der Waals surface area (Å²) in [6.45, 7) is 0.321. The number of aromatic nitrogens is 1. The highest BCUT2D eigenvalue weighted by Crippen LogP contribution is 2.37. The first-order valence-electron chi connectivity index (χ1n) is 7.29. The number of anilines is 1. The molecule has 1 aromatic heterocycles. The van der Waals surface area contributed by atoms with E-state index in [2.05, 4.69) is 4.98 Å². The Labute approximate surface area is 131 Å². The zero-order valence-corrected chi connectivity index (χ0v) is 12.3. The number of pyridine rings is 1. The molecule has 0 N–H and O–H groups in total. The van der Waals surface area contributed by atoms with Crippen LogP contribution in [-0.2, 0) is 0 Å². The summed E-state index contributed by atoms with van der Waals surface area (Å²) in [5.41, 5.74) is 1.89. The Hall–Kier alpha value is -2.57. The van der Waals surface area contributed by atoms with E-state index >= 15 is 0 Å². The van der Waals surface area contributed by atoms with Gasteiger partial charge in [-0.3, -0.25) is 15.1 Å². The molecule has 5 nitrogen and oxygen atoms in total. The molecule has 0 unspecified atom stereocenters. The molecule has 1 saturated heterocycles. The summed E-state index contributed by atoms with van der Waals surface area (Å²) in [5.74, 6) is -2.66. The highest BCUT2D eigenvalue weighted by Gasteiger charge is 2.35. The minimum atomic E-state index is -2.66. The summed E-state index contributed by atoms with van der Waals surface area (Å²) in [6, 6.07) is 9.86. The summed E-state index contributed by atoms with van der Waals surface area (Å²) >= 11 is 0. The predicted molar refractivity (Wildman–Crippen MR) is 82.7 cm³/mol. The molecule has 1 aromatic carbocycles. The van der Waals surface area contributed by atoms with Crippen molar-refractivity contribution in [3.63, 3.8) is 0 Å². The van der Waals surface area contributed by atoms with Crippen molar-refractivity contribution in [3.05, 3.63) is 52.7 Å². The number of hydrogen-bond donors (Lipinski definition) is 0. The molecule has 2 heterocycles. The number of halogens is 2. The maximum Gasteiger partial charge on any atom is 0.271 e. The van der Waals surface area contributed by atoms with E-state index in [1.54, 1.807) is 29.3 Å². The molecule has 2 aromatic rings. The second kappa shape index (κ2) is 5.91. The van der Waals surface area contributed by atoms with Crippen molar-refractivity contribution in [2.75, 3.05) is 18.0 Å². The Morgan fingerprint density at radius 1 is 1.17 bits per heavy atom. The van der Waals surface area contributed by atoms with E-state index < -0.39 is 10.8 Å². The number of nitro benzene ring substituents is 1. The molecule has 120 valence electrons. The number of alkyl halides is 2. The third kappa shape index (κ3) is 3.28. The second-order valence-corrected chi connectivity index (χ2v) is 5.52. The van der Waals surface area contributed by atoms with E-state index in [-0.39, 0.29) is 31.6 Å². The van der Waals surface area contributed by atoms with Gasteiger partial charge in [0.1, 0.15) is 0 Å². The first-order chi connectivity index (χ1) is 11.0. The first-order valence-corrected chi connectivity index (χ1v) is 7.29. The van der Waals surface area contributed by atoms with Crippen LogP contribution in [0.4, 0.5) is 20.2 Å². The van der Waals surface area contributed by atoms with Gasteiger partial charge in [-0.25, -0.2) is 8.78 Å². The Morgan fingerprint density at radius 2 is 1.91 bits per heavy atom. The maximum absolute atomic E-state index is 13.4. The number of nitrogens with zero attached hydrogens (tertiary/aromatic N) is 3. The Bertz CT molecular complexity index is 713. The van der Waals surface area contributed by atoms with Crippen LogP contribution in [-0.4, -0.2) is 28.9 Å². The van der Waals surface area contributed by atoms with E-state index in [1.165, 1.54) is 12.1 Å². The van der Waals surface area contributed by atoms with Gasteiger partial charge in [-0.15, -0.1) is 0 Å². The number of benzene rings is 1. The van der Waals surface area contributed by atoms with Crippen LogP contribution >= 0.6 is 0 Å². The molecule has 0 spiro atoms. The van der Waals surface area contributed by atoms with Gasteiger partial charge in [0.05, 0.1) is 16.3 Å². The van der Waals surface area contributed by atoms with Crippen LogP contribution in [0.1, 0.15) is 12.8 Å². The average Bonchev–Trinajstić information content (AvgIpc) is 2.55. The Kier molecular flexibility index (Phi) is 3.94. The van der Waals surface area contributed by atoms with Gasteiger partial charge in [0, 0.05) is 49.8 Å². The summed E-state index contributed by atoms with van der Waals surface area (Å²) in [4.78, 5) is 16.6. The SMILES string of the molecule is O=[N+]([O-])c1ccc(-c2ccccn2)c(N2CCC(F)(F)CC2)c1. The lowest BCUT2D eigenvalue weighted by molar-refractivity contribution is -0.384. The van der Waals surface area contributed by atoms with Crippen LogP contribution in [0.3, 0.4) is 0 Å². The number of nitro groups is 1. The van der Waals surface area contributed by atoms with E-state index in [9.17, 15) is 18.9 Å². The van der Waals surface area contributed by atoms with Crippen LogP contribution < -0.4 is 4.90 Å². The van der Waals surface area contributed by atoms with Gasteiger partial charge < -0.3 is 4.90 Å². The number of rotatable bonds is 3. The van der Waals surface area contributed by atoms with Gasteiger partial charge in [-0.05, 0) is 18.2 Å². The minimum Gasteiger partial charge on any atom is -0.370 e. The lowest BCUT2D eigenvalue weighted by Crippen LogP contribution is -2.39. The molecule has 7 heteroatoms. The van der Waals surface area contributed by atoms with Gasteiger partial charge >= 0.3 is 0 Å². The smallest absolute Gasteiger partial charge is 0.271 e. The van der Waals surface area contributed by atoms with Crippen LogP contribution in [0.15, 0.2) is 42.6 Å². The highest BCUT2D eigenvalue weighted by molar-refractivity contribution is 5.78. The van der Waals surface area contributed by atoms with Gasteiger partial charge in [0.2, 0.25) is 0 Å². The largest absolute Gasteiger partial charge is 0.370 e. The van der Waals surface area contributed by atoms with Crippen LogP contribution in [0, 0.1) is 10.1 Å². The fourth-order valence-corrected chi connectivity index (χ4v) is 2.71. The molecule has 0 aliphatic carbocycles. The van der Waals surface area contributed by atoms with Gasteiger partial charge in [-0.2, -0.15) is 0 Å². The summed E-state index contributed by atoms with van der Waals surface area (Å²) in [6.07, 6.45) is 1.12. The zero-order chi connectivity index (χ0) is 16.4. The van der Waals surface area contributed by atoms with Crippen molar-refractivity contribution >= 4 is 11.4 Å². The third-order valence-electron chi connectivity index (χ3n) is 3.97. The van der Waals surface area contributed by atoms with Crippen LogP contribution in [0.25, 0.3) is 11.3 Å². The van der Waals surface area contributed by atoms with E-state index in [4.69, 9.17) is 0 Å². The Balaban J connectivity index is 2.02. The molecule has 0 saturated carbocycles. The molecule has 1 aliphatic heterocycles. The molecule has 1 fully saturated rings. The molecule has 23 heavy (non-hydrogen) atoms.